The van der Waals surface area contributed by atoms with Gasteiger partial charge in [0.15, 0.2) is 0 Å². The first kappa shape index (κ1) is 30.8. The molecule has 0 aliphatic carbocycles. The molecule has 0 amide bonds. The number of carbonyl (C=O) groups excluding carboxylic acids is 3. The van der Waals surface area contributed by atoms with Crippen molar-refractivity contribution in [3.8, 4) is 0 Å². The van der Waals surface area contributed by atoms with Crippen molar-refractivity contribution in [2.24, 2.45) is 5.41 Å². The van der Waals surface area contributed by atoms with Crippen LogP contribution >= 0.6 is 0 Å². The summed E-state index contributed by atoms with van der Waals surface area (Å²) in [6, 6.07) is 0. The highest BCUT2D eigenvalue weighted by Gasteiger charge is 2.42. The van der Waals surface area contributed by atoms with Crippen LogP contribution in [0.25, 0.3) is 0 Å². The van der Waals surface area contributed by atoms with E-state index in [1.54, 1.807) is 6.92 Å². The highest BCUT2D eigenvalue weighted by atomic mass is 32.2. The highest BCUT2D eigenvalue weighted by Crippen LogP contribution is 2.28. The van der Waals surface area contributed by atoms with E-state index in [-0.39, 0.29) is 73.3 Å². The maximum absolute atomic E-state index is 12.8. The Kier molecular flexibility index (Phi) is 14.9. The van der Waals surface area contributed by atoms with Crippen LogP contribution in [0.5, 0.6) is 0 Å². The molecule has 0 unspecified atom stereocenters. The summed E-state index contributed by atoms with van der Waals surface area (Å²) < 4.78 is 45.6. The molecule has 0 radical (unpaired) electrons. The van der Waals surface area contributed by atoms with Gasteiger partial charge in [0.05, 0.1) is 12.4 Å². The van der Waals surface area contributed by atoms with Crippen LogP contribution < -0.4 is 0 Å². The maximum atomic E-state index is 12.8. The van der Waals surface area contributed by atoms with Gasteiger partial charge in [0.1, 0.15) is 18.6 Å². The molecule has 0 aromatic heterocycles. The third kappa shape index (κ3) is 12.3. The van der Waals surface area contributed by atoms with Gasteiger partial charge in [-0.15, -0.1) is 0 Å². The molecule has 0 saturated carbocycles. The molecular formula is C19H32MgO9S. The van der Waals surface area contributed by atoms with E-state index in [4.69, 9.17) is 18.8 Å². The van der Waals surface area contributed by atoms with Gasteiger partial charge in [-0.05, 0) is 33.1 Å². The summed E-state index contributed by atoms with van der Waals surface area (Å²) in [5.41, 5.74) is -1.13. The van der Waals surface area contributed by atoms with Crippen molar-refractivity contribution in [1.29, 1.82) is 0 Å². The summed E-state index contributed by atoms with van der Waals surface area (Å²) in [6.07, 6.45) is 1.02. The van der Waals surface area contributed by atoms with Gasteiger partial charge in [-0.1, -0.05) is 26.5 Å². The molecule has 0 saturated heterocycles. The molecule has 0 atom stereocenters. The Bertz CT molecular complexity index is 698. The lowest BCUT2D eigenvalue weighted by Gasteiger charge is -2.30. The average Bonchev–Trinajstić information content (AvgIpc) is 2.61. The van der Waals surface area contributed by atoms with Gasteiger partial charge in [-0.25, -0.2) is 9.59 Å². The third-order valence-corrected chi connectivity index (χ3v) is 4.65. The fourth-order valence-corrected chi connectivity index (χ4v) is 2.81. The molecular weight excluding hydrogens is 429 g/mol. The van der Waals surface area contributed by atoms with E-state index in [2.05, 4.69) is 13.2 Å². The monoisotopic (exact) mass is 460 g/mol. The third-order valence-electron chi connectivity index (χ3n) is 3.85. The largest absolute Gasteiger partial charge is 0.465 e. The predicted octanol–water partition coefficient (Wildman–Crippen LogP) is 1.31. The van der Waals surface area contributed by atoms with Gasteiger partial charge in [0.2, 0.25) is 0 Å². The van der Waals surface area contributed by atoms with Crippen molar-refractivity contribution in [2.75, 3.05) is 25.6 Å². The molecule has 0 fully saturated rings. The quantitative estimate of drug-likeness (QED) is 0.102. The first-order valence-electron chi connectivity index (χ1n) is 9.12. The lowest BCUT2D eigenvalue weighted by Crippen LogP contribution is -2.43. The Morgan fingerprint density at radius 3 is 1.77 bits per heavy atom. The Hall–Kier alpha value is -1.43. The smallest absolute Gasteiger partial charge is 0.333 e. The number of hydrogen-bond donors (Lipinski definition) is 1. The minimum Gasteiger partial charge on any atom is -0.465 e. The van der Waals surface area contributed by atoms with Gasteiger partial charge in [-0.2, -0.15) is 8.42 Å². The number of esters is 3. The van der Waals surface area contributed by atoms with E-state index in [1.165, 1.54) is 13.8 Å². The van der Waals surface area contributed by atoms with Crippen molar-refractivity contribution in [3.05, 3.63) is 24.3 Å². The summed E-state index contributed by atoms with van der Waals surface area (Å²) in [7, 11) is -4.09. The second kappa shape index (κ2) is 14.6. The molecule has 170 valence electrons. The fraction of sp³-hybridized carbons (Fsp3) is 0.632. The molecule has 0 aliphatic heterocycles. The molecule has 0 aliphatic rings. The first-order valence-corrected chi connectivity index (χ1v) is 10.7. The number of hydrogen-bond acceptors (Lipinski definition) is 8. The number of unbranched alkanes of at least 4 members (excludes halogenated alkanes) is 1. The van der Waals surface area contributed by atoms with E-state index < -0.39 is 39.2 Å². The molecule has 9 nitrogen and oxygen atoms in total. The van der Waals surface area contributed by atoms with Crippen molar-refractivity contribution in [3.63, 3.8) is 0 Å². The molecule has 0 aromatic carbocycles. The van der Waals surface area contributed by atoms with Crippen LogP contribution in [-0.2, 0) is 38.7 Å². The Labute approximate surface area is 194 Å². The van der Waals surface area contributed by atoms with Crippen LogP contribution in [-0.4, -0.2) is 79.5 Å². The van der Waals surface area contributed by atoms with E-state index in [0.717, 1.165) is 0 Å². The molecule has 0 bridgehead atoms. The van der Waals surface area contributed by atoms with E-state index in [0.29, 0.717) is 6.42 Å². The molecule has 0 aromatic rings. The second-order valence-electron chi connectivity index (χ2n) is 6.87. The number of rotatable bonds is 14. The minimum absolute atomic E-state index is 0. The van der Waals surface area contributed by atoms with Crippen LogP contribution in [0.2, 0.25) is 0 Å². The van der Waals surface area contributed by atoms with Gasteiger partial charge in [0.25, 0.3) is 10.1 Å². The lowest BCUT2D eigenvalue weighted by atomic mass is 9.85. The van der Waals surface area contributed by atoms with Crippen molar-refractivity contribution in [1.82, 2.24) is 0 Å². The Morgan fingerprint density at radius 1 is 0.933 bits per heavy atom. The highest BCUT2D eigenvalue weighted by molar-refractivity contribution is 7.85. The van der Waals surface area contributed by atoms with Crippen molar-refractivity contribution in [2.45, 2.75) is 46.5 Å². The molecule has 0 spiro atoms. The predicted molar refractivity (Wildman–Crippen MR) is 114 cm³/mol. The summed E-state index contributed by atoms with van der Waals surface area (Å²) in [5.74, 6) is -2.58. The summed E-state index contributed by atoms with van der Waals surface area (Å²) in [5, 5.41) is 0. The fourth-order valence-electron chi connectivity index (χ4n) is 2.24. The zero-order valence-corrected chi connectivity index (χ0v) is 18.0. The van der Waals surface area contributed by atoms with Gasteiger partial charge in [-0.3, -0.25) is 9.35 Å². The maximum Gasteiger partial charge on any atom is 0.333 e. The normalized spacial score (nSPS) is 11.1. The number of ether oxygens (including phenoxy) is 3. The molecule has 30 heavy (non-hydrogen) atoms. The molecule has 0 rings (SSSR count). The summed E-state index contributed by atoms with van der Waals surface area (Å²) >= 11 is 0. The zero-order valence-electron chi connectivity index (χ0n) is 17.2. The zero-order chi connectivity index (χ0) is 22.7. The van der Waals surface area contributed by atoms with E-state index in [1.807, 2.05) is 0 Å². The Morgan fingerprint density at radius 2 is 1.40 bits per heavy atom. The number of carbonyl (C=O) groups is 3. The van der Waals surface area contributed by atoms with E-state index >= 15 is 0 Å². The van der Waals surface area contributed by atoms with Gasteiger partial charge >= 0.3 is 41.0 Å². The van der Waals surface area contributed by atoms with E-state index in [9.17, 15) is 22.8 Å². The van der Waals surface area contributed by atoms with Crippen molar-refractivity contribution < 1.29 is 41.6 Å². The first-order chi connectivity index (χ1) is 13.3. The molecule has 11 heteroatoms. The van der Waals surface area contributed by atoms with Crippen LogP contribution in [0.15, 0.2) is 24.3 Å². The second-order valence-corrected chi connectivity index (χ2v) is 8.44. The Balaban J connectivity index is 0. The molecule has 1 N–H and O–H groups in total. The average molecular weight is 461 g/mol. The SMILES string of the molecule is C=C(C)C(=O)OCC(CCC)(COC(=O)C(=C)C)C(=O)OCCCCS(=O)(=O)O.[MgH2]. The van der Waals surface area contributed by atoms with Crippen LogP contribution in [0.3, 0.4) is 0 Å². The van der Waals surface area contributed by atoms with Gasteiger partial charge < -0.3 is 14.2 Å². The topological polar surface area (TPSA) is 133 Å². The lowest BCUT2D eigenvalue weighted by molar-refractivity contribution is -0.171. The standard InChI is InChI=1S/C19H30O9S.Mg.2H/c1-6-9-19(12-27-16(20)14(2)3,13-28-17(21)15(4)5)18(22)26-10-7-8-11-29(23,24)25;;;/h2,4,6-13H2,1,3,5H3,(H,23,24,25);;;. The van der Waals surface area contributed by atoms with Crippen LogP contribution in [0.1, 0.15) is 46.5 Å². The minimum atomic E-state index is -4.09. The summed E-state index contributed by atoms with van der Waals surface area (Å²) in [4.78, 5) is 36.3. The van der Waals surface area contributed by atoms with Gasteiger partial charge in [0, 0.05) is 11.1 Å². The van der Waals surface area contributed by atoms with Crippen LogP contribution in [0.4, 0.5) is 0 Å². The molecule has 0 heterocycles. The summed E-state index contributed by atoms with van der Waals surface area (Å²) in [6.45, 7) is 10.8. The van der Waals surface area contributed by atoms with Crippen LogP contribution in [0, 0.1) is 5.41 Å². The van der Waals surface area contributed by atoms with Crippen molar-refractivity contribution >= 4 is 51.1 Å².